The van der Waals surface area contributed by atoms with E-state index in [4.69, 9.17) is 15.7 Å². The third-order valence-electron chi connectivity index (χ3n) is 8.48. The largest absolute Gasteiger partial charge is 0.383 e. The number of amides is 1. The number of imidazole rings is 1. The summed E-state index contributed by atoms with van der Waals surface area (Å²) in [6.45, 7) is 0.0243. The van der Waals surface area contributed by atoms with Crippen molar-refractivity contribution < 1.29 is 13.6 Å². The summed E-state index contributed by atoms with van der Waals surface area (Å²) in [5.41, 5.74) is 12.1. The fourth-order valence-electron chi connectivity index (χ4n) is 6.06. The Bertz CT molecular complexity index is 1800. The molecule has 0 unspecified atom stereocenters. The Morgan fingerprint density at radius 3 is 2.45 bits per heavy atom. The van der Waals surface area contributed by atoms with E-state index in [2.05, 4.69) is 10.3 Å². The molecule has 1 saturated heterocycles. The number of fused-ring (bicyclic) bond motifs is 1. The average molecular weight is 566 g/mol. The zero-order chi connectivity index (χ0) is 28.9. The van der Waals surface area contributed by atoms with Crippen LogP contribution in [0.3, 0.4) is 0 Å². The fraction of sp³-hybridized carbons (Fsp3) is 0.250. The van der Waals surface area contributed by atoms with Crippen molar-refractivity contribution >= 4 is 29.1 Å². The highest BCUT2D eigenvalue weighted by molar-refractivity contribution is 5.85. The summed E-state index contributed by atoms with van der Waals surface area (Å²) in [5, 5.41) is 3.01. The summed E-state index contributed by atoms with van der Waals surface area (Å²) in [5.74, 6) is -1.73. The molecule has 0 bridgehead atoms. The minimum atomic E-state index is -2.68. The molecule has 2 aliphatic rings. The van der Waals surface area contributed by atoms with Crippen LogP contribution in [0.15, 0.2) is 79.0 Å². The van der Waals surface area contributed by atoms with Crippen molar-refractivity contribution in [2.24, 2.45) is 0 Å². The highest BCUT2D eigenvalue weighted by Crippen LogP contribution is 2.41. The Morgan fingerprint density at radius 2 is 1.76 bits per heavy atom. The third kappa shape index (κ3) is 4.43. The van der Waals surface area contributed by atoms with Gasteiger partial charge in [-0.15, -0.1) is 0 Å². The summed E-state index contributed by atoms with van der Waals surface area (Å²) in [4.78, 5) is 27.2. The van der Waals surface area contributed by atoms with E-state index in [-0.39, 0.29) is 18.5 Å². The van der Waals surface area contributed by atoms with Crippen molar-refractivity contribution in [3.05, 3.63) is 84.6 Å². The average Bonchev–Trinajstić information content (AvgIpc) is 3.54. The first-order valence-corrected chi connectivity index (χ1v) is 14.0. The predicted molar refractivity (Wildman–Crippen MR) is 158 cm³/mol. The molecule has 7 rings (SSSR count). The molecule has 0 radical (unpaired) electrons. The number of hydrogen-bond donors (Lipinski definition) is 2. The molecule has 1 aliphatic carbocycles. The van der Waals surface area contributed by atoms with Crippen molar-refractivity contribution in [2.75, 3.05) is 23.7 Å². The summed E-state index contributed by atoms with van der Waals surface area (Å²) in [6, 6.07) is 23.1. The number of carbonyl (C=O) groups excluding carboxylic acids is 1. The van der Waals surface area contributed by atoms with Crippen LogP contribution in [-0.4, -0.2) is 44.9 Å². The maximum Gasteiger partial charge on any atom is 0.266 e. The van der Waals surface area contributed by atoms with Crippen LogP contribution in [0, 0.1) is 0 Å². The molecule has 0 spiro atoms. The van der Waals surface area contributed by atoms with Gasteiger partial charge in [0.05, 0.1) is 23.3 Å². The Morgan fingerprint density at radius 1 is 0.929 bits per heavy atom. The lowest BCUT2D eigenvalue weighted by Crippen LogP contribution is -2.47. The molecular weight excluding hydrogens is 536 g/mol. The molecule has 0 atom stereocenters. The second kappa shape index (κ2) is 9.90. The van der Waals surface area contributed by atoms with Crippen LogP contribution in [0.1, 0.15) is 31.2 Å². The highest BCUT2D eigenvalue weighted by atomic mass is 19.3. The number of nitrogen functional groups attached to an aromatic ring is 1. The number of carbonyl (C=O) groups is 1. The first kappa shape index (κ1) is 26.1. The van der Waals surface area contributed by atoms with Crippen molar-refractivity contribution in [1.82, 2.24) is 24.8 Å². The quantitative estimate of drug-likeness (QED) is 0.246. The Labute approximate surface area is 241 Å². The topological polar surface area (TPSA) is 102 Å². The number of benzene rings is 2. The molecule has 2 aromatic carbocycles. The van der Waals surface area contributed by atoms with Gasteiger partial charge >= 0.3 is 0 Å². The van der Waals surface area contributed by atoms with E-state index in [9.17, 15) is 13.6 Å². The van der Waals surface area contributed by atoms with Crippen LogP contribution in [0.25, 0.3) is 39.5 Å². The van der Waals surface area contributed by atoms with Gasteiger partial charge < -0.3 is 16.0 Å². The number of halogens is 2. The van der Waals surface area contributed by atoms with Crippen molar-refractivity contribution in [3.8, 4) is 28.3 Å². The van der Waals surface area contributed by atoms with Gasteiger partial charge in [0.1, 0.15) is 11.3 Å². The molecule has 2 fully saturated rings. The van der Waals surface area contributed by atoms with Gasteiger partial charge in [-0.05, 0) is 73.4 Å². The fourth-order valence-corrected chi connectivity index (χ4v) is 6.06. The molecule has 10 heteroatoms. The number of anilines is 2. The lowest BCUT2D eigenvalue weighted by atomic mass is 9.72. The smallest absolute Gasteiger partial charge is 0.266 e. The number of aromatic nitrogens is 4. The van der Waals surface area contributed by atoms with E-state index in [0.717, 1.165) is 48.2 Å². The molecule has 3 N–H and O–H groups in total. The molecule has 8 nitrogen and oxygen atoms in total. The van der Waals surface area contributed by atoms with Gasteiger partial charge in [0.25, 0.3) is 5.92 Å². The van der Waals surface area contributed by atoms with Gasteiger partial charge in [-0.2, -0.15) is 0 Å². The van der Waals surface area contributed by atoms with Crippen molar-refractivity contribution in [2.45, 2.75) is 37.1 Å². The number of hydrogen-bond acceptors (Lipinski definition) is 6. The predicted octanol–water partition coefficient (Wildman–Crippen LogP) is 5.70. The molecule has 212 valence electrons. The normalized spacial score (nSPS) is 17.2. The van der Waals surface area contributed by atoms with Crippen molar-refractivity contribution in [1.29, 1.82) is 0 Å². The SMILES string of the molecule is Nc1ncccc1-c1nc2ccc(-c3cccc(N4CCC(F)(F)C4)c3)nc2n1-c1ccc(C2(NC=O)CCC2)cc1. The summed E-state index contributed by atoms with van der Waals surface area (Å²) in [6.07, 6.45) is 5.12. The van der Waals surface area contributed by atoms with Gasteiger partial charge in [-0.25, -0.2) is 23.7 Å². The van der Waals surface area contributed by atoms with Crippen LogP contribution in [-0.2, 0) is 10.3 Å². The van der Waals surface area contributed by atoms with Gasteiger partial charge in [-0.1, -0.05) is 24.3 Å². The van der Waals surface area contributed by atoms with Crippen LogP contribution in [0.4, 0.5) is 20.3 Å². The minimum Gasteiger partial charge on any atom is -0.383 e. The van der Waals surface area contributed by atoms with Gasteiger partial charge in [-0.3, -0.25) is 9.36 Å². The molecule has 3 aromatic heterocycles. The number of nitrogens with two attached hydrogens (primary N) is 1. The van der Waals surface area contributed by atoms with E-state index in [1.165, 1.54) is 0 Å². The maximum atomic E-state index is 13.9. The molecule has 1 aliphatic heterocycles. The Kier molecular flexibility index (Phi) is 6.14. The highest BCUT2D eigenvalue weighted by Gasteiger charge is 2.39. The first-order chi connectivity index (χ1) is 20.4. The van der Waals surface area contributed by atoms with Crippen molar-refractivity contribution in [3.63, 3.8) is 0 Å². The van der Waals surface area contributed by atoms with Crippen LogP contribution in [0.5, 0.6) is 0 Å². The summed E-state index contributed by atoms with van der Waals surface area (Å²) in [7, 11) is 0. The lowest BCUT2D eigenvalue weighted by Gasteiger charge is -2.42. The molecule has 42 heavy (non-hydrogen) atoms. The molecule has 4 heterocycles. The molecule has 5 aromatic rings. The second-order valence-electron chi connectivity index (χ2n) is 11.1. The van der Waals surface area contributed by atoms with Gasteiger partial charge in [0.2, 0.25) is 6.41 Å². The van der Waals surface area contributed by atoms with E-state index in [1.54, 1.807) is 11.1 Å². The number of nitrogens with zero attached hydrogens (tertiary/aromatic N) is 5. The maximum absolute atomic E-state index is 13.9. The summed E-state index contributed by atoms with van der Waals surface area (Å²) < 4.78 is 29.8. The van der Waals surface area contributed by atoms with Crippen LogP contribution >= 0.6 is 0 Å². The van der Waals surface area contributed by atoms with Gasteiger partial charge in [0.15, 0.2) is 11.5 Å². The first-order valence-electron chi connectivity index (χ1n) is 14.0. The molecular formula is C32H29F2N7O. The molecule has 1 saturated carbocycles. The summed E-state index contributed by atoms with van der Waals surface area (Å²) >= 11 is 0. The Balaban J connectivity index is 1.34. The zero-order valence-electron chi connectivity index (χ0n) is 22.8. The third-order valence-corrected chi connectivity index (χ3v) is 8.48. The lowest BCUT2D eigenvalue weighted by molar-refractivity contribution is -0.112. The van der Waals surface area contributed by atoms with Gasteiger partial charge in [0, 0.05) is 36.1 Å². The standard InChI is InChI=1S/C32H29F2N7O/c33-32(34)15-17-40(19-32)24-5-1-4-21(18-24)26-11-12-27-30(38-26)41(29(39-27)25-6-2-16-36-28(25)35)23-9-7-22(8-10-23)31(37-20-42)13-3-14-31/h1-2,4-12,16,18,20H,3,13-15,17,19H2,(H2,35,36)(H,37,42). The zero-order valence-corrected chi connectivity index (χ0v) is 22.8. The van der Waals surface area contributed by atoms with E-state index in [0.29, 0.717) is 40.6 Å². The number of alkyl halides is 2. The molecule has 1 amide bonds. The number of rotatable bonds is 7. The van der Waals surface area contributed by atoms with Crippen LogP contribution in [0.2, 0.25) is 0 Å². The van der Waals surface area contributed by atoms with E-state index < -0.39 is 5.92 Å². The van der Waals surface area contributed by atoms with E-state index >= 15 is 0 Å². The second-order valence-corrected chi connectivity index (χ2v) is 11.1. The van der Waals surface area contributed by atoms with Crippen LogP contribution < -0.4 is 16.0 Å². The minimum absolute atomic E-state index is 0.147. The van der Waals surface area contributed by atoms with E-state index in [1.807, 2.05) is 77.4 Å². The number of nitrogens with one attached hydrogen (secondary N) is 1. The monoisotopic (exact) mass is 565 g/mol. The Hall–Kier alpha value is -4.86. The number of pyridine rings is 2.